The van der Waals surface area contributed by atoms with Gasteiger partial charge in [0.1, 0.15) is 0 Å². The lowest BCUT2D eigenvalue weighted by molar-refractivity contribution is 0.764. The SMILES string of the molecule is O=c1c2ccccc2n2c(SCCCc3ccccc3)nnc2n1Cc1ccccc1. The molecule has 0 bridgehead atoms. The number of fused-ring (bicyclic) bond motifs is 3. The first-order valence-electron chi connectivity index (χ1n) is 10.4. The molecule has 0 fully saturated rings. The highest BCUT2D eigenvalue weighted by atomic mass is 32.2. The van der Waals surface area contributed by atoms with E-state index in [4.69, 9.17) is 0 Å². The van der Waals surface area contributed by atoms with Crippen LogP contribution in [-0.2, 0) is 13.0 Å². The van der Waals surface area contributed by atoms with Crippen molar-refractivity contribution in [2.75, 3.05) is 5.75 Å². The first-order valence-corrected chi connectivity index (χ1v) is 11.4. The molecule has 2 heterocycles. The van der Waals surface area contributed by atoms with E-state index in [-0.39, 0.29) is 5.56 Å². The molecule has 0 unspecified atom stereocenters. The van der Waals surface area contributed by atoms with Crippen molar-refractivity contribution in [1.82, 2.24) is 19.2 Å². The maximum Gasteiger partial charge on any atom is 0.263 e. The summed E-state index contributed by atoms with van der Waals surface area (Å²) >= 11 is 1.69. The fourth-order valence-corrected chi connectivity index (χ4v) is 4.70. The molecule has 0 saturated carbocycles. The maximum absolute atomic E-state index is 13.2. The van der Waals surface area contributed by atoms with E-state index < -0.39 is 0 Å². The molecule has 0 atom stereocenters. The van der Waals surface area contributed by atoms with Crippen LogP contribution >= 0.6 is 11.8 Å². The van der Waals surface area contributed by atoms with Crippen molar-refractivity contribution in [3.8, 4) is 0 Å². The van der Waals surface area contributed by atoms with Crippen LogP contribution in [0.2, 0.25) is 0 Å². The predicted molar refractivity (Wildman–Crippen MR) is 126 cm³/mol. The van der Waals surface area contributed by atoms with Crippen LogP contribution in [0.15, 0.2) is 94.9 Å². The predicted octanol–water partition coefficient (Wildman–Crippen LogP) is 4.82. The molecule has 0 N–H and O–H groups in total. The monoisotopic (exact) mass is 426 g/mol. The molecule has 0 amide bonds. The summed E-state index contributed by atoms with van der Waals surface area (Å²) in [6.45, 7) is 0.463. The van der Waals surface area contributed by atoms with Crippen LogP contribution in [-0.4, -0.2) is 24.9 Å². The number of nitrogens with zero attached hydrogens (tertiary/aromatic N) is 4. The molecule has 0 radical (unpaired) electrons. The van der Waals surface area contributed by atoms with Gasteiger partial charge in [0.15, 0.2) is 5.16 Å². The van der Waals surface area contributed by atoms with Crippen molar-refractivity contribution in [3.05, 3.63) is 106 Å². The smallest absolute Gasteiger partial charge is 0.263 e. The largest absolute Gasteiger partial charge is 0.272 e. The summed E-state index contributed by atoms with van der Waals surface area (Å²) in [5.41, 5.74) is 3.21. The van der Waals surface area contributed by atoms with Gasteiger partial charge in [0.05, 0.1) is 17.4 Å². The molecule has 3 aromatic carbocycles. The van der Waals surface area contributed by atoms with Gasteiger partial charge < -0.3 is 0 Å². The molecule has 6 heteroatoms. The highest BCUT2D eigenvalue weighted by Gasteiger charge is 2.16. The Bertz CT molecular complexity index is 1380. The summed E-state index contributed by atoms with van der Waals surface area (Å²) in [7, 11) is 0. The third kappa shape index (κ3) is 3.99. The fourth-order valence-electron chi connectivity index (χ4n) is 3.82. The zero-order valence-electron chi connectivity index (χ0n) is 17.0. The summed E-state index contributed by atoms with van der Waals surface area (Å²) in [5, 5.41) is 10.4. The van der Waals surface area contributed by atoms with Crippen LogP contribution < -0.4 is 5.56 Å². The molecule has 2 aromatic heterocycles. The van der Waals surface area contributed by atoms with E-state index in [1.807, 2.05) is 65.1 Å². The number of aryl methyl sites for hydroxylation is 1. The van der Waals surface area contributed by atoms with Crippen LogP contribution in [0.25, 0.3) is 16.7 Å². The average molecular weight is 427 g/mol. The standard InChI is InChI=1S/C25H22N4OS/c30-23-21-15-7-8-16-22(21)29-24(28(23)18-20-12-5-2-6-13-20)26-27-25(29)31-17-9-14-19-10-3-1-4-11-19/h1-8,10-13,15-16H,9,14,17-18H2. The fraction of sp³-hybridized carbons (Fsp3) is 0.160. The molecule has 5 rings (SSSR count). The average Bonchev–Trinajstić information content (AvgIpc) is 3.25. The number of hydrogen-bond donors (Lipinski definition) is 0. The molecule has 5 aromatic rings. The van der Waals surface area contributed by atoms with Crippen molar-refractivity contribution in [2.24, 2.45) is 0 Å². The summed E-state index contributed by atoms with van der Waals surface area (Å²) < 4.78 is 3.74. The number of rotatable bonds is 7. The van der Waals surface area contributed by atoms with Crippen molar-refractivity contribution >= 4 is 28.4 Å². The molecule has 0 aliphatic carbocycles. The van der Waals surface area contributed by atoms with Gasteiger partial charge in [0.2, 0.25) is 5.78 Å². The molecule has 0 saturated heterocycles. The second-order valence-corrected chi connectivity index (χ2v) is 8.51. The third-order valence-electron chi connectivity index (χ3n) is 5.35. The van der Waals surface area contributed by atoms with Crippen molar-refractivity contribution in [1.29, 1.82) is 0 Å². The Morgan fingerprint density at radius 1 is 0.774 bits per heavy atom. The molecule has 5 nitrogen and oxygen atoms in total. The van der Waals surface area contributed by atoms with Gasteiger partial charge in [0.25, 0.3) is 5.56 Å². The minimum atomic E-state index is -0.0417. The number of para-hydroxylation sites is 1. The Morgan fingerprint density at radius 2 is 1.45 bits per heavy atom. The van der Waals surface area contributed by atoms with Crippen molar-refractivity contribution < 1.29 is 0 Å². The van der Waals surface area contributed by atoms with Crippen molar-refractivity contribution in [2.45, 2.75) is 24.5 Å². The first kappa shape index (κ1) is 19.6. The quantitative estimate of drug-likeness (QED) is 0.277. The van der Waals surface area contributed by atoms with Crippen LogP contribution in [0.3, 0.4) is 0 Å². The van der Waals surface area contributed by atoms with E-state index in [1.54, 1.807) is 16.3 Å². The maximum atomic E-state index is 13.2. The minimum Gasteiger partial charge on any atom is -0.272 e. The Labute approximate surface area is 184 Å². The van der Waals surface area contributed by atoms with Gasteiger partial charge in [-0.3, -0.25) is 13.8 Å². The van der Waals surface area contributed by atoms with Crippen LogP contribution in [0, 0.1) is 0 Å². The van der Waals surface area contributed by atoms with Gasteiger partial charge in [-0.05, 0) is 36.1 Å². The van der Waals surface area contributed by atoms with E-state index >= 15 is 0 Å². The van der Waals surface area contributed by atoms with E-state index in [1.165, 1.54) is 5.56 Å². The lowest BCUT2D eigenvalue weighted by Crippen LogP contribution is -2.24. The van der Waals surface area contributed by atoms with Crippen LogP contribution in [0.1, 0.15) is 17.5 Å². The minimum absolute atomic E-state index is 0.0417. The van der Waals surface area contributed by atoms with Gasteiger partial charge in [-0.15, -0.1) is 10.2 Å². The highest BCUT2D eigenvalue weighted by Crippen LogP contribution is 2.23. The van der Waals surface area contributed by atoms with Gasteiger partial charge in [-0.2, -0.15) is 0 Å². The van der Waals surface area contributed by atoms with E-state index in [2.05, 4.69) is 34.5 Å². The number of hydrogen-bond acceptors (Lipinski definition) is 4. The van der Waals surface area contributed by atoms with Gasteiger partial charge in [-0.1, -0.05) is 84.6 Å². The highest BCUT2D eigenvalue weighted by molar-refractivity contribution is 7.99. The summed E-state index contributed by atoms with van der Waals surface area (Å²) in [6, 6.07) is 28.2. The van der Waals surface area contributed by atoms with E-state index in [0.29, 0.717) is 17.7 Å². The molecule has 0 aliphatic rings. The second kappa shape index (κ2) is 8.78. The van der Waals surface area contributed by atoms with E-state index in [9.17, 15) is 4.79 Å². The Hall–Kier alpha value is -3.38. The molecule has 0 spiro atoms. The number of thioether (sulfide) groups is 1. The first-order chi connectivity index (χ1) is 15.3. The zero-order chi connectivity index (χ0) is 21.0. The molecular formula is C25H22N4OS. The molecule has 31 heavy (non-hydrogen) atoms. The topological polar surface area (TPSA) is 52.2 Å². The summed E-state index contributed by atoms with van der Waals surface area (Å²) in [5.74, 6) is 1.51. The van der Waals surface area contributed by atoms with Crippen LogP contribution in [0.4, 0.5) is 0 Å². The van der Waals surface area contributed by atoms with Gasteiger partial charge >= 0.3 is 0 Å². The Balaban J connectivity index is 1.49. The van der Waals surface area contributed by atoms with Gasteiger partial charge in [-0.25, -0.2) is 0 Å². The Kier molecular flexibility index (Phi) is 5.54. The lowest BCUT2D eigenvalue weighted by Gasteiger charge is -2.11. The van der Waals surface area contributed by atoms with Crippen LogP contribution in [0.5, 0.6) is 0 Å². The number of benzene rings is 3. The molecule has 0 aliphatic heterocycles. The second-order valence-electron chi connectivity index (χ2n) is 7.45. The van der Waals surface area contributed by atoms with Crippen molar-refractivity contribution in [3.63, 3.8) is 0 Å². The Morgan fingerprint density at radius 3 is 2.23 bits per heavy atom. The normalized spacial score (nSPS) is 11.4. The van der Waals surface area contributed by atoms with Gasteiger partial charge in [0, 0.05) is 5.75 Å². The zero-order valence-corrected chi connectivity index (χ0v) is 17.8. The number of aromatic nitrogens is 4. The summed E-state index contributed by atoms with van der Waals surface area (Å²) in [4.78, 5) is 13.2. The third-order valence-corrected chi connectivity index (χ3v) is 6.36. The summed E-state index contributed by atoms with van der Waals surface area (Å²) in [6.07, 6.45) is 2.08. The lowest BCUT2D eigenvalue weighted by atomic mass is 10.1. The van der Waals surface area contributed by atoms with E-state index in [0.717, 1.165) is 34.8 Å². The molecule has 154 valence electrons. The molecular weight excluding hydrogens is 404 g/mol.